The minimum Gasteiger partial charge on any atom is -0.493 e. The molecule has 3 heterocycles. The predicted octanol–water partition coefficient (Wildman–Crippen LogP) is 4.70. The van der Waals surface area contributed by atoms with Gasteiger partial charge < -0.3 is 9.47 Å². The van der Waals surface area contributed by atoms with Crippen LogP contribution in [0.3, 0.4) is 0 Å². The number of ether oxygens (including phenoxy) is 2. The third kappa shape index (κ3) is 3.58. The smallest absolute Gasteiger partial charge is 0.284 e. The van der Waals surface area contributed by atoms with Crippen molar-refractivity contribution < 1.29 is 14.3 Å². The number of methoxy groups -OCH3 is 2. The molecular formula is C24H20N4O3S. The van der Waals surface area contributed by atoms with E-state index in [2.05, 4.69) is 9.97 Å². The highest BCUT2D eigenvalue weighted by atomic mass is 32.1. The van der Waals surface area contributed by atoms with Crippen molar-refractivity contribution in [3.63, 3.8) is 0 Å². The molecular weight excluding hydrogens is 424 g/mol. The highest BCUT2D eigenvalue weighted by Crippen LogP contribution is 2.37. The number of nitrogens with zero attached hydrogens (tertiary/aromatic N) is 4. The van der Waals surface area contributed by atoms with Gasteiger partial charge in [-0.1, -0.05) is 12.1 Å². The SMILES string of the molecule is COc1ccc(C2=NN(C(=O)c3cccs3)[C@@H](c3ccc4nccnc4c3)C2)cc1OC. The minimum atomic E-state index is -0.251. The molecule has 32 heavy (non-hydrogen) atoms. The lowest BCUT2D eigenvalue weighted by atomic mass is 9.97. The number of rotatable bonds is 5. The van der Waals surface area contributed by atoms with Gasteiger partial charge in [0, 0.05) is 24.4 Å². The van der Waals surface area contributed by atoms with Gasteiger partial charge in [-0.05, 0) is 47.3 Å². The van der Waals surface area contributed by atoms with Crippen molar-refractivity contribution in [2.24, 2.45) is 5.10 Å². The molecule has 0 saturated carbocycles. The average molecular weight is 445 g/mol. The van der Waals surface area contributed by atoms with Crippen LogP contribution in [-0.4, -0.2) is 40.8 Å². The summed E-state index contributed by atoms with van der Waals surface area (Å²) in [5.41, 5.74) is 4.25. The summed E-state index contributed by atoms with van der Waals surface area (Å²) in [5.74, 6) is 1.14. The van der Waals surface area contributed by atoms with Gasteiger partial charge in [-0.2, -0.15) is 5.10 Å². The molecule has 1 atom stereocenters. The Bertz CT molecular complexity index is 1320. The van der Waals surface area contributed by atoms with Gasteiger partial charge in [0.05, 0.1) is 41.9 Å². The van der Waals surface area contributed by atoms with Gasteiger partial charge in [0.1, 0.15) is 0 Å². The van der Waals surface area contributed by atoms with Crippen molar-refractivity contribution in [1.82, 2.24) is 15.0 Å². The first-order valence-electron chi connectivity index (χ1n) is 10.1. The fourth-order valence-corrected chi connectivity index (χ4v) is 4.50. The van der Waals surface area contributed by atoms with E-state index in [-0.39, 0.29) is 11.9 Å². The summed E-state index contributed by atoms with van der Waals surface area (Å²) in [5, 5.41) is 8.23. The van der Waals surface area contributed by atoms with Crippen LogP contribution >= 0.6 is 11.3 Å². The second-order valence-electron chi connectivity index (χ2n) is 7.27. The largest absolute Gasteiger partial charge is 0.493 e. The third-order valence-electron chi connectivity index (χ3n) is 5.45. The molecule has 0 aliphatic carbocycles. The molecule has 0 fully saturated rings. The van der Waals surface area contributed by atoms with E-state index in [9.17, 15) is 4.79 Å². The molecule has 0 spiro atoms. The Kier molecular flexibility index (Phi) is 5.28. The number of amides is 1. The first-order chi connectivity index (χ1) is 15.7. The molecule has 0 saturated heterocycles. The number of benzene rings is 2. The van der Waals surface area contributed by atoms with E-state index in [0.717, 1.165) is 27.9 Å². The second kappa shape index (κ2) is 8.39. The van der Waals surface area contributed by atoms with Crippen LogP contribution in [0, 0.1) is 0 Å². The summed E-state index contributed by atoms with van der Waals surface area (Å²) in [6.45, 7) is 0. The second-order valence-corrected chi connectivity index (χ2v) is 8.22. The molecule has 7 nitrogen and oxygen atoms in total. The lowest BCUT2D eigenvalue weighted by Crippen LogP contribution is -2.26. The summed E-state index contributed by atoms with van der Waals surface area (Å²) >= 11 is 1.41. The summed E-state index contributed by atoms with van der Waals surface area (Å²) < 4.78 is 10.8. The zero-order chi connectivity index (χ0) is 22.1. The van der Waals surface area contributed by atoms with E-state index in [0.29, 0.717) is 22.8 Å². The molecule has 160 valence electrons. The predicted molar refractivity (Wildman–Crippen MR) is 123 cm³/mol. The van der Waals surface area contributed by atoms with Crippen molar-refractivity contribution in [2.45, 2.75) is 12.5 Å². The molecule has 5 rings (SSSR count). The number of carbonyl (C=O) groups excluding carboxylic acids is 1. The van der Waals surface area contributed by atoms with Gasteiger partial charge in [-0.25, -0.2) is 5.01 Å². The molecule has 1 aliphatic heterocycles. The first kappa shape index (κ1) is 20.1. The van der Waals surface area contributed by atoms with Gasteiger partial charge in [-0.15, -0.1) is 11.3 Å². The van der Waals surface area contributed by atoms with E-state index >= 15 is 0 Å². The Morgan fingerprint density at radius 2 is 1.81 bits per heavy atom. The highest BCUT2D eigenvalue weighted by Gasteiger charge is 2.34. The zero-order valence-corrected chi connectivity index (χ0v) is 18.4. The van der Waals surface area contributed by atoms with E-state index < -0.39 is 0 Å². The number of hydrazone groups is 1. The molecule has 0 N–H and O–H groups in total. The van der Waals surface area contributed by atoms with Crippen molar-refractivity contribution in [1.29, 1.82) is 0 Å². The molecule has 8 heteroatoms. The zero-order valence-electron chi connectivity index (χ0n) is 17.6. The Morgan fingerprint density at radius 1 is 1.00 bits per heavy atom. The monoisotopic (exact) mass is 444 g/mol. The molecule has 0 unspecified atom stereocenters. The van der Waals surface area contributed by atoms with Crippen LogP contribution in [0.15, 0.2) is 71.4 Å². The maximum absolute atomic E-state index is 13.3. The first-order valence-corrected chi connectivity index (χ1v) is 10.9. The molecule has 0 radical (unpaired) electrons. The maximum atomic E-state index is 13.3. The van der Waals surface area contributed by atoms with Crippen molar-refractivity contribution >= 4 is 34.0 Å². The Balaban J connectivity index is 1.56. The van der Waals surface area contributed by atoms with E-state index in [1.165, 1.54) is 11.3 Å². The van der Waals surface area contributed by atoms with Gasteiger partial charge in [0.25, 0.3) is 5.91 Å². The quantitative estimate of drug-likeness (QED) is 0.446. The summed E-state index contributed by atoms with van der Waals surface area (Å²) in [6, 6.07) is 15.0. The van der Waals surface area contributed by atoms with Crippen LogP contribution in [-0.2, 0) is 0 Å². The summed E-state index contributed by atoms with van der Waals surface area (Å²) in [6.07, 6.45) is 3.90. The number of carbonyl (C=O) groups is 1. The molecule has 0 bridgehead atoms. The fourth-order valence-electron chi connectivity index (χ4n) is 3.85. The van der Waals surface area contributed by atoms with Crippen molar-refractivity contribution in [2.75, 3.05) is 14.2 Å². The third-order valence-corrected chi connectivity index (χ3v) is 6.30. The number of hydrogen-bond donors (Lipinski definition) is 0. The number of hydrogen-bond acceptors (Lipinski definition) is 7. The van der Waals surface area contributed by atoms with Crippen LogP contribution in [0.1, 0.15) is 33.3 Å². The number of thiophene rings is 1. The van der Waals surface area contributed by atoms with Crippen LogP contribution in [0.2, 0.25) is 0 Å². The Hall–Kier alpha value is -3.78. The van der Waals surface area contributed by atoms with E-state index in [1.807, 2.05) is 53.9 Å². The number of aromatic nitrogens is 2. The van der Waals surface area contributed by atoms with Crippen LogP contribution in [0.5, 0.6) is 11.5 Å². The summed E-state index contributed by atoms with van der Waals surface area (Å²) in [7, 11) is 3.20. The van der Waals surface area contributed by atoms with Crippen LogP contribution in [0.4, 0.5) is 0 Å². The van der Waals surface area contributed by atoms with Crippen molar-refractivity contribution in [3.8, 4) is 11.5 Å². The lowest BCUT2D eigenvalue weighted by Gasteiger charge is -2.21. The van der Waals surface area contributed by atoms with E-state index in [1.54, 1.807) is 31.6 Å². The number of fused-ring (bicyclic) bond motifs is 1. The maximum Gasteiger partial charge on any atom is 0.284 e. The Labute approximate surface area is 189 Å². The summed E-state index contributed by atoms with van der Waals surface area (Å²) in [4.78, 5) is 22.7. The standard InChI is InChI=1S/C24H20N4O3S/c1-30-21-8-6-15(13-22(21)31-2)18-14-20(28(27-18)24(29)23-4-3-11-32-23)16-5-7-17-19(12-16)26-10-9-25-17/h3-13,20H,14H2,1-2H3/t20-/m1/s1. The molecule has 4 aromatic rings. The Morgan fingerprint density at radius 3 is 2.56 bits per heavy atom. The van der Waals surface area contributed by atoms with Crippen LogP contribution < -0.4 is 9.47 Å². The van der Waals surface area contributed by atoms with Gasteiger partial charge in [0.2, 0.25) is 0 Å². The minimum absolute atomic E-state index is 0.125. The fraction of sp³-hybridized carbons (Fsp3) is 0.167. The normalized spacial score (nSPS) is 15.6. The topological polar surface area (TPSA) is 76.9 Å². The lowest BCUT2D eigenvalue weighted by molar-refractivity contribution is 0.0716. The molecule has 1 amide bonds. The van der Waals surface area contributed by atoms with Crippen LogP contribution in [0.25, 0.3) is 11.0 Å². The van der Waals surface area contributed by atoms with Crippen molar-refractivity contribution in [3.05, 3.63) is 82.3 Å². The highest BCUT2D eigenvalue weighted by molar-refractivity contribution is 7.12. The van der Waals surface area contributed by atoms with Gasteiger partial charge in [-0.3, -0.25) is 14.8 Å². The molecule has 2 aromatic heterocycles. The van der Waals surface area contributed by atoms with E-state index in [4.69, 9.17) is 14.6 Å². The average Bonchev–Trinajstić information content (AvgIpc) is 3.53. The molecule has 2 aromatic carbocycles. The van der Waals surface area contributed by atoms with Gasteiger partial charge in [0.15, 0.2) is 11.5 Å². The van der Waals surface area contributed by atoms with Gasteiger partial charge >= 0.3 is 0 Å². The molecule has 1 aliphatic rings.